The van der Waals surface area contributed by atoms with E-state index in [9.17, 15) is 0 Å². The lowest BCUT2D eigenvalue weighted by molar-refractivity contribution is 0.105. The van der Waals surface area contributed by atoms with Crippen LogP contribution in [0.1, 0.15) is 25.5 Å². The van der Waals surface area contributed by atoms with Gasteiger partial charge in [0.05, 0.1) is 6.26 Å². The molecule has 0 fully saturated rings. The van der Waals surface area contributed by atoms with E-state index in [0.717, 1.165) is 37.7 Å². The second-order valence-corrected chi connectivity index (χ2v) is 3.91. The third-order valence-electron chi connectivity index (χ3n) is 2.35. The van der Waals surface area contributed by atoms with Crippen LogP contribution in [0, 0.1) is 0 Å². The Bertz CT molecular complexity index is 323. The molecule has 0 radical (unpaired) electrons. The molecule has 0 aliphatic heterocycles. The number of furan rings is 1. The van der Waals surface area contributed by atoms with Gasteiger partial charge in [-0.1, -0.05) is 6.92 Å². The highest BCUT2D eigenvalue weighted by Gasteiger charge is 1.97. The van der Waals surface area contributed by atoms with Gasteiger partial charge in [0, 0.05) is 26.7 Å². The van der Waals surface area contributed by atoms with Crippen LogP contribution in [0.15, 0.2) is 27.8 Å². The van der Waals surface area contributed by atoms with Gasteiger partial charge in [0.15, 0.2) is 5.96 Å². The number of nitrogens with one attached hydrogen (secondary N) is 2. The average molecular weight is 253 g/mol. The fraction of sp³-hybridized carbons (Fsp3) is 0.615. The summed E-state index contributed by atoms with van der Waals surface area (Å²) in [5.41, 5.74) is 0. The summed E-state index contributed by atoms with van der Waals surface area (Å²) in [5, 5.41) is 6.45. The van der Waals surface area contributed by atoms with E-state index in [-0.39, 0.29) is 0 Å². The number of ether oxygens (including phenoxy) is 1. The van der Waals surface area contributed by atoms with Crippen molar-refractivity contribution in [1.82, 2.24) is 10.6 Å². The SMILES string of the molecule is CCCNC(=NC)NCCCOCc1ccco1. The van der Waals surface area contributed by atoms with Gasteiger partial charge in [-0.3, -0.25) is 4.99 Å². The maximum absolute atomic E-state index is 5.48. The summed E-state index contributed by atoms with van der Waals surface area (Å²) in [4.78, 5) is 4.12. The highest BCUT2D eigenvalue weighted by molar-refractivity contribution is 5.79. The maximum atomic E-state index is 5.48. The van der Waals surface area contributed by atoms with Crippen LogP contribution >= 0.6 is 0 Å². The van der Waals surface area contributed by atoms with Crippen LogP contribution in [0.3, 0.4) is 0 Å². The molecule has 1 aromatic heterocycles. The Morgan fingerprint density at radius 2 is 2.22 bits per heavy atom. The zero-order valence-electron chi connectivity index (χ0n) is 11.2. The second-order valence-electron chi connectivity index (χ2n) is 3.91. The van der Waals surface area contributed by atoms with Crippen LogP contribution in [0.2, 0.25) is 0 Å². The lowest BCUT2D eigenvalue weighted by Gasteiger charge is -2.10. The summed E-state index contributed by atoms with van der Waals surface area (Å²) in [6, 6.07) is 3.78. The number of hydrogen-bond donors (Lipinski definition) is 2. The van der Waals surface area contributed by atoms with Gasteiger partial charge >= 0.3 is 0 Å². The molecule has 0 atom stereocenters. The molecule has 0 aliphatic rings. The van der Waals surface area contributed by atoms with Crippen LogP contribution in [-0.2, 0) is 11.3 Å². The highest BCUT2D eigenvalue weighted by atomic mass is 16.5. The van der Waals surface area contributed by atoms with Gasteiger partial charge in [-0.15, -0.1) is 0 Å². The van der Waals surface area contributed by atoms with Gasteiger partial charge in [0.2, 0.25) is 0 Å². The number of guanidine groups is 1. The Kier molecular flexibility index (Phi) is 7.72. The first kappa shape index (κ1) is 14.6. The first-order valence-corrected chi connectivity index (χ1v) is 6.41. The molecule has 0 saturated carbocycles. The fourth-order valence-electron chi connectivity index (χ4n) is 1.41. The van der Waals surface area contributed by atoms with Crippen molar-refractivity contribution in [3.63, 3.8) is 0 Å². The molecule has 18 heavy (non-hydrogen) atoms. The molecule has 0 bridgehead atoms. The molecular formula is C13H23N3O2. The van der Waals surface area contributed by atoms with E-state index in [2.05, 4.69) is 22.5 Å². The Morgan fingerprint density at radius 3 is 2.89 bits per heavy atom. The van der Waals surface area contributed by atoms with Crippen molar-refractivity contribution < 1.29 is 9.15 Å². The fourth-order valence-corrected chi connectivity index (χ4v) is 1.41. The van der Waals surface area contributed by atoms with Crippen molar-refractivity contribution in [3.8, 4) is 0 Å². The minimum atomic E-state index is 0.538. The second kappa shape index (κ2) is 9.53. The minimum Gasteiger partial charge on any atom is -0.467 e. The van der Waals surface area contributed by atoms with Crippen molar-refractivity contribution in [3.05, 3.63) is 24.2 Å². The number of rotatable bonds is 8. The molecule has 1 aromatic rings. The van der Waals surface area contributed by atoms with E-state index in [1.165, 1.54) is 0 Å². The van der Waals surface area contributed by atoms with Crippen molar-refractivity contribution in [1.29, 1.82) is 0 Å². The molecular weight excluding hydrogens is 230 g/mol. The summed E-state index contributed by atoms with van der Waals surface area (Å²) in [6.07, 6.45) is 3.68. The topological polar surface area (TPSA) is 58.8 Å². The molecule has 102 valence electrons. The first-order valence-electron chi connectivity index (χ1n) is 6.41. The minimum absolute atomic E-state index is 0.538. The van der Waals surface area contributed by atoms with E-state index >= 15 is 0 Å². The Hall–Kier alpha value is -1.49. The van der Waals surface area contributed by atoms with Crippen LogP contribution < -0.4 is 10.6 Å². The van der Waals surface area contributed by atoms with Crippen molar-refractivity contribution in [2.75, 3.05) is 26.7 Å². The Morgan fingerprint density at radius 1 is 1.39 bits per heavy atom. The molecule has 1 rings (SSSR count). The van der Waals surface area contributed by atoms with Crippen LogP contribution in [0.5, 0.6) is 0 Å². The summed E-state index contributed by atoms with van der Waals surface area (Å²) < 4.78 is 10.7. The van der Waals surface area contributed by atoms with Gasteiger partial charge < -0.3 is 19.8 Å². The van der Waals surface area contributed by atoms with Crippen LogP contribution in [0.4, 0.5) is 0 Å². The Balaban J connectivity index is 1.97. The van der Waals surface area contributed by atoms with E-state index < -0.39 is 0 Å². The Labute approximate surface area is 109 Å². The number of hydrogen-bond acceptors (Lipinski definition) is 3. The molecule has 5 heteroatoms. The molecule has 1 heterocycles. The number of nitrogens with zero attached hydrogens (tertiary/aromatic N) is 1. The van der Waals surface area contributed by atoms with E-state index in [1.54, 1.807) is 13.3 Å². The molecule has 2 N–H and O–H groups in total. The van der Waals surface area contributed by atoms with Gasteiger partial charge in [0.25, 0.3) is 0 Å². The molecule has 0 aromatic carbocycles. The first-order chi connectivity index (χ1) is 8.86. The van der Waals surface area contributed by atoms with E-state index in [0.29, 0.717) is 13.2 Å². The van der Waals surface area contributed by atoms with Gasteiger partial charge in [0.1, 0.15) is 12.4 Å². The largest absolute Gasteiger partial charge is 0.467 e. The van der Waals surface area contributed by atoms with Gasteiger partial charge in [-0.2, -0.15) is 0 Å². The summed E-state index contributed by atoms with van der Waals surface area (Å²) in [6.45, 7) is 5.16. The molecule has 0 amide bonds. The molecule has 0 unspecified atom stereocenters. The van der Waals surface area contributed by atoms with Crippen molar-refractivity contribution in [2.45, 2.75) is 26.4 Å². The normalized spacial score (nSPS) is 11.6. The predicted molar refractivity (Wildman–Crippen MR) is 72.6 cm³/mol. The third kappa shape index (κ3) is 6.30. The predicted octanol–water partition coefficient (Wildman–Crippen LogP) is 1.76. The highest BCUT2D eigenvalue weighted by Crippen LogP contribution is 2.01. The standard InChI is InChI=1S/C13H23N3O2/c1-3-7-15-13(14-2)16-8-5-9-17-11-12-6-4-10-18-12/h4,6,10H,3,5,7-9,11H2,1-2H3,(H2,14,15,16). The van der Waals surface area contributed by atoms with E-state index in [4.69, 9.17) is 9.15 Å². The van der Waals surface area contributed by atoms with Gasteiger partial charge in [-0.25, -0.2) is 0 Å². The van der Waals surface area contributed by atoms with Crippen LogP contribution in [-0.4, -0.2) is 32.7 Å². The lowest BCUT2D eigenvalue weighted by Crippen LogP contribution is -2.38. The maximum Gasteiger partial charge on any atom is 0.190 e. The average Bonchev–Trinajstić information content (AvgIpc) is 2.90. The summed E-state index contributed by atoms with van der Waals surface area (Å²) in [7, 11) is 1.78. The quantitative estimate of drug-likeness (QED) is 0.421. The molecule has 5 nitrogen and oxygen atoms in total. The van der Waals surface area contributed by atoms with Crippen molar-refractivity contribution in [2.24, 2.45) is 4.99 Å². The van der Waals surface area contributed by atoms with Crippen molar-refractivity contribution >= 4 is 5.96 Å². The molecule has 0 spiro atoms. The number of aliphatic imine (C=N–C) groups is 1. The summed E-state index contributed by atoms with van der Waals surface area (Å²) in [5.74, 6) is 1.71. The van der Waals surface area contributed by atoms with Crippen LogP contribution in [0.25, 0.3) is 0 Å². The van der Waals surface area contributed by atoms with Gasteiger partial charge in [-0.05, 0) is 25.0 Å². The van der Waals surface area contributed by atoms with E-state index in [1.807, 2.05) is 12.1 Å². The third-order valence-corrected chi connectivity index (χ3v) is 2.35. The summed E-state index contributed by atoms with van der Waals surface area (Å²) >= 11 is 0. The smallest absolute Gasteiger partial charge is 0.190 e. The molecule has 0 aliphatic carbocycles. The monoisotopic (exact) mass is 253 g/mol. The zero-order chi connectivity index (χ0) is 13.1. The lowest BCUT2D eigenvalue weighted by atomic mass is 10.4. The zero-order valence-corrected chi connectivity index (χ0v) is 11.2. The molecule has 0 saturated heterocycles.